The second-order valence-corrected chi connectivity index (χ2v) is 4.30. The Morgan fingerprint density at radius 3 is 2.58 bits per heavy atom. The van der Waals surface area contributed by atoms with Crippen molar-refractivity contribution in [3.8, 4) is 6.07 Å². The van der Waals surface area contributed by atoms with Crippen molar-refractivity contribution < 1.29 is 9.90 Å². The molecule has 2 heterocycles. The number of carbonyl (C=O) groups is 1. The van der Waals surface area contributed by atoms with Gasteiger partial charge in [0.2, 0.25) is 0 Å². The first-order valence-electron chi connectivity index (χ1n) is 5.82. The van der Waals surface area contributed by atoms with Crippen LogP contribution in [-0.4, -0.2) is 20.0 Å². The van der Waals surface area contributed by atoms with Crippen molar-refractivity contribution in [1.82, 2.24) is 8.97 Å². The average Bonchev–Trinajstić information content (AvgIpc) is 2.63. The zero-order valence-corrected chi connectivity index (χ0v) is 10.9. The first-order chi connectivity index (χ1) is 8.93. The second kappa shape index (κ2) is 4.28. The van der Waals surface area contributed by atoms with Crippen molar-refractivity contribution in [3.05, 3.63) is 38.9 Å². The number of nitriles is 1. The Kier molecular flexibility index (Phi) is 2.91. The molecule has 0 aliphatic heterocycles. The molecule has 0 bridgehead atoms. The lowest BCUT2D eigenvalue weighted by atomic mass is 10.2. The summed E-state index contributed by atoms with van der Waals surface area (Å²) < 4.78 is 2.92. The minimum atomic E-state index is -1.27. The summed E-state index contributed by atoms with van der Waals surface area (Å²) in [4.78, 5) is 23.3. The van der Waals surface area contributed by atoms with E-state index in [0.29, 0.717) is 29.0 Å². The summed E-state index contributed by atoms with van der Waals surface area (Å²) in [6.07, 6.45) is 1.29. The van der Waals surface area contributed by atoms with Crippen molar-refractivity contribution in [2.24, 2.45) is 0 Å². The number of hydrogen-bond acceptors (Lipinski definition) is 3. The number of carboxylic acid groups (broad SMARTS) is 1. The van der Waals surface area contributed by atoms with Crippen LogP contribution in [0.5, 0.6) is 0 Å². The first kappa shape index (κ1) is 12.9. The van der Waals surface area contributed by atoms with Crippen LogP contribution < -0.4 is 5.56 Å². The van der Waals surface area contributed by atoms with Gasteiger partial charge < -0.3 is 9.67 Å². The molecule has 1 N–H and O–H groups in total. The maximum Gasteiger partial charge on any atom is 0.342 e. The van der Waals surface area contributed by atoms with Gasteiger partial charge in [-0.2, -0.15) is 5.26 Å². The number of fused-ring (bicyclic) bond motifs is 1. The molecular weight excluding hydrogens is 246 g/mol. The third-order valence-corrected chi connectivity index (χ3v) is 3.36. The van der Waals surface area contributed by atoms with E-state index in [9.17, 15) is 14.9 Å². The summed E-state index contributed by atoms with van der Waals surface area (Å²) in [5.74, 6) is -1.27. The average molecular weight is 259 g/mol. The van der Waals surface area contributed by atoms with Crippen LogP contribution in [0.4, 0.5) is 0 Å². The van der Waals surface area contributed by atoms with Crippen LogP contribution in [0.3, 0.4) is 0 Å². The number of carboxylic acids is 1. The fourth-order valence-corrected chi connectivity index (χ4v) is 2.22. The van der Waals surface area contributed by atoms with Gasteiger partial charge in [0.15, 0.2) is 0 Å². The van der Waals surface area contributed by atoms with Crippen molar-refractivity contribution in [1.29, 1.82) is 5.26 Å². The minimum absolute atomic E-state index is 0.295. The number of hydrogen-bond donors (Lipinski definition) is 1. The van der Waals surface area contributed by atoms with E-state index in [-0.39, 0.29) is 5.56 Å². The lowest BCUT2D eigenvalue weighted by Gasteiger charge is -2.09. The molecule has 0 amide bonds. The van der Waals surface area contributed by atoms with E-state index in [0.717, 1.165) is 0 Å². The van der Waals surface area contributed by atoms with Gasteiger partial charge in [0.25, 0.3) is 5.56 Å². The van der Waals surface area contributed by atoms with Crippen LogP contribution in [0.25, 0.3) is 5.65 Å². The molecule has 2 rings (SSSR count). The summed E-state index contributed by atoms with van der Waals surface area (Å²) in [7, 11) is 0. The molecule has 0 unspecified atom stereocenters. The van der Waals surface area contributed by atoms with E-state index >= 15 is 0 Å². The van der Waals surface area contributed by atoms with Crippen molar-refractivity contribution in [2.45, 2.75) is 27.3 Å². The molecule has 0 fully saturated rings. The van der Waals surface area contributed by atoms with Gasteiger partial charge in [-0.25, -0.2) is 4.79 Å². The molecule has 0 aliphatic rings. The number of aryl methyl sites for hydroxylation is 2. The van der Waals surface area contributed by atoms with Gasteiger partial charge in [-0.15, -0.1) is 0 Å². The molecule has 6 heteroatoms. The number of rotatable bonds is 2. The maximum absolute atomic E-state index is 12.2. The van der Waals surface area contributed by atoms with Gasteiger partial charge in [-0.3, -0.25) is 9.20 Å². The maximum atomic E-state index is 12.2. The summed E-state index contributed by atoms with van der Waals surface area (Å²) in [5.41, 5.74) is 1.26. The predicted molar refractivity (Wildman–Crippen MR) is 68.5 cm³/mol. The fourth-order valence-electron chi connectivity index (χ4n) is 2.22. The zero-order chi connectivity index (χ0) is 14.3. The highest BCUT2D eigenvalue weighted by atomic mass is 16.4. The molecule has 0 aliphatic carbocycles. The Labute approximate surface area is 109 Å². The SMILES string of the molecule is CCn1cc(C(=O)O)c(=O)n2c(C)c(C)c(C#N)c12. The fraction of sp³-hybridized carbons (Fsp3) is 0.308. The van der Waals surface area contributed by atoms with Crippen LogP contribution in [0.15, 0.2) is 11.0 Å². The van der Waals surface area contributed by atoms with Gasteiger partial charge in [0.1, 0.15) is 17.3 Å². The van der Waals surface area contributed by atoms with Crippen LogP contribution in [-0.2, 0) is 6.54 Å². The lowest BCUT2D eigenvalue weighted by Crippen LogP contribution is -2.25. The highest BCUT2D eigenvalue weighted by molar-refractivity contribution is 5.87. The summed E-state index contributed by atoms with van der Waals surface area (Å²) in [5, 5.41) is 18.3. The largest absolute Gasteiger partial charge is 0.477 e. The van der Waals surface area contributed by atoms with Gasteiger partial charge in [-0.1, -0.05) is 0 Å². The molecule has 98 valence electrons. The van der Waals surface area contributed by atoms with E-state index in [1.54, 1.807) is 18.4 Å². The van der Waals surface area contributed by atoms with Crippen LogP contribution in [0.2, 0.25) is 0 Å². The van der Waals surface area contributed by atoms with E-state index in [1.807, 2.05) is 6.92 Å². The van der Waals surface area contributed by atoms with Crippen molar-refractivity contribution >= 4 is 11.6 Å². The van der Waals surface area contributed by atoms with E-state index in [4.69, 9.17) is 5.11 Å². The van der Waals surface area contributed by atoms with Crippen LogP contribution in [0, 0.1) is 25.2 Å². The third-order valence-electron chi connectivity index (χ3n) is 3.36. The molecule has 6 nitrogen and oxygen atoms in total. The van der Waals surface area contributed by atoms with Gasteiger partial charge in [0.05, 0.1) is 5.56 Å². The Hall–Kier alpha value is -2.55. The summed E-state index contributed by atoms with van der Waals surface area (Å²) >= 11 is 0. The van der Waals surface area contributed by atoms with Crippen LogP contribution >= 0.6 is 0 Å². The predicted octanol–water partition coefficient (Wildman–Crippen LogP) is 1.31. The second-order valence-electron chi connectivity index (χ2n) is 4.30. The Morgan fingerprint density at radius 2 is 2.11 bits per heavy atom. The van der Waals surface area contributed by atoms with Gasteiger partial charge in [0, 0.05) is 18.4 Å². The van der Waals surface area contributed by atoms with Crippen molar-refractivity contribution in [3.63, 3.8) is 0 Å². The number of nitrogens with zero attached hydrogens (tertiary/aromatic N) is 3. The Morgan fingerprint density at radius 1 is 1.47 bits per heavy atom. The highest BCUT2D eigenvalue weighted by Gasteiger charge is 2.21. The van der Waals surface area contributed by atoms with E-state index in [2.05, 4.69) is 6.07 Å². The summed E-state index contributed by atoms with van der Waals surface area (Å²) in [6, 6.07) is 2.08. The molecule has 0 radical (unpaired) electrons. The normalized spacial score (nSPS) is 10.6. The number of aromatic carboxylic acids is 1. The summed E-state index contributed by atoms with van der Waals surface area (Å²) in [6.45, 7) is 5.76. The van der Waals surface area contributed by atoms with Gasteiger partial charge in [-0.05, 0) is 26.3 Å². The topological polar surface area (TPSA) is 87.5 Å². The quantitative estimate of drug-likeness (QED) is 0.880. The van der Waals surface area contributed by atoms with E-state index < -0.39 is 11.5 Å². The number of aromatic nitrogens is 2. The molecule has 19 heavy (non-hydrogen) atoms. The molecule has 0 aromatic carbocycles. The Bertz CT molecular complexity index is 790. The molecule has 2 aromatic heterocycles. The third kappa shape index (κ3) is 1.63. The molecule has 0 saturated heterocycles. The Balaban J connectivity index is 3.14. The molecular formula is C13H13N3O3. The highest BCUT2D eigenvalue weighted by Crippen LogP contribution is 2.20. The monoisotopic (exact) mass is 259 g/mol. The van der Waals surface area contributed by atoms with Gasteiger partial charge >= 0.3 is 5.97 Å². The van der Waals surface area contributed by atoms with E-state index in [1.165, 1.54) is 10.6 Å². The lowest BCUT2D eigenvalue weighted by molar-refractivity contribution is 0.0693. The first-order valence-corrected chi connectivity index (χ1v) is 5.82. The molecule has 2 aromatic rings. The zero-order valence-electron chi connectivity index (χ0n) is 10.9. The standard InChI is InChI=1S/C13H13N3O3/c1-4-15-6-10(13(18)19)12(17)16-8(3)7(2)9(5-14)11(15)16/h6H,4H2,1-3H3,(H,18,19). The smallest absolute Gasteiger partial charge is 0.342 e. The molecule has 0 atom stereocenters. The minimum Gasteiger partial charge on any atom is -0.477 e. The molecule has 0 saturated carbocycles. The van der Waals surface area contributed by atoms with Crippen molar-refractivity contribution in [2.75, 3.05) is 0 Å². The van der Waals surface area contributed by atoms with Crippen LogP contribution in [0.1, 0.15) is 34.1 Å². The molecule has 0 spiro atoms.